The first-order chi connectivity index (χ1) is 13.0. The predicted octanol–water partition coefficient (Wildman–Crippen LogP) is 3.16. The second-order valence-electron chi connectivity index (χ2n) is 7.20. The third-order valence-electron chi connectivity index (χ3n) is 5.19. The molecule has 1 heterocycles. The lowest BCUT2D eigenvalue weighted by atomic mass is 10.1. The quantitative estimate of drug-likeness (QED) is 0.883. The minimum atomic E-state index is -0.374. The van der Waals surface area contributed by atoms with E-state index < -0.39 is 0 Å². The zero-order valence-electron chi connectivity index (χ0n) is 15.2. The predicted molar refractivity (Wildman–Crippen MR) is 102 cm³/mol. The number of para-hydroxylation sites is 2. The van der Waals surface area contributed by atoms with Gasteiger partial charge in [0.25, 0.3) is 0 Å². The zero-order chi connectivity index (χ0) is 19.0. The highest BCUT2D eigenvalue weighted by molar-refractivity contribution is 6.11. The van der Waals surface area contributed by atoms with E-state index in [0.29, 0.717) is 18.3 Å². The molecular formula is C21H22FN3O2. The number of anilines is 2. The van der Waals surface area contributed by atoms with Gasteiger partial charge in [-0.2, -0.15) is 0 Å². The highest BCUT2D eigenvalue weighted by Crippen LogP contribution is 2.33. The lowest BCUT2D eigenvalue weighted by Gasteiger charge is -2.35. The second kappa shape index (κ2) is 7.12. The Morgan fingerprint density at radius 1 is 1.22 bits per heavy atom. The van der Waals surface area contributed by atoms with Gasteiger partial charge in [0, 0.05) is 12.6 Å². The van der Waals surface area contributed by atoms with Gasteiger partial charge < -0.3 is 5.32 Å². The first-order valence-electron chi connectivity index (χ1n) is 9.23. The number of carbonyl (C=O) groups excluding carboxylic acids is 2. The van der Waals surface area contributed by atoms with Crippen molar-refractivity contribution in [3.05, 3.63) is 59.9 Å². The summed E-state index contributed by atoms with van der Waals surface area (Å²) in [7, 11) is 0. The van der Waals surface area contributed by atoms with E-state index in [9.17, 15) is 14.0 Å². The molecule has 0 bridgehead atoms. The van der Waals surface area contributed by atoms with Gasteiger partial charge in [0.15, 0.2) is 0 Å². The topological polar surface area (TPSA) is 52.7 Å². The molecule has 1 saturated carbocycles. The molecule has 140 valence electrons. The minimum absolute atomic E-state index is 0.0231. The molecule has 5 nitrogen and oxygen atoms in total. The number of benzene rings is 2. The molecule has 1 N–H and O–H groups in total. The van der Waals surface area contributed by atoms with E-state index >= 15 is 0 Å². The SMILES string of the molecule is CC(C(=O)N1CC(=O)Nc2ccccc21)N(Cc1ccc(F)cc1)C1CC1. The van der Waals surface area contributed by atoms with Gasteiger partial charge in [-0.25, -0.2) is 4.39 Å². The molecule has 0 radical (unpaired) electrons. The van der Waals surface area contributed by atoms with Crippen molar-refractivity contribution in [2.45, 2.75) is 38.4 Å². The van der Waals surface area contributed by atoms with Crippen molar-refractivity contribution >= 4 is 23.2 Å². The van der Waals surface area contributed by atoms with E-state index in [1.165, 1.54) is 12.1 Å². The summed E-state index contributed by atoms with van der Waals surface area (Å²) in [6.45, 7) is 2.49. The number of carbonyl (C=O) groups is 2. The van der Waals surface area contributed by atoms with Gasteiger partial charge in [0.2, 0.25) is 11.8 Å². The van der Waals surface area contributed by atoms with E-state index in [4.69, 9.17) is 0 Å². The standard InChI is InChI=1S/C21H22FN3O2/c1-14(24(17-10-11-17)12-15-6-8-16(22)9-7-15)21(27)25-13-20(26)23-18-4-2-3-5-19(18)25/h2-9,14,17H,10-13H2,1H3,(H,23,26). The lowest BCUT2D eigenvalue weighted by molar-refractivity contribution is -0.125. The van der Waals surface area contributed by atoms with Crippen LogP contribution in [0.3, 0.4) is 0 Å². The smallest absolute Gasteiger partial charge is 0.244 e. The average Bonchev–Trinajstić information content (AvgIpc) is 3.51. The summed E-state index contributed by atoms with van der Waals surface area (Å²) in [6.07, 6.45) is 2.10. The van der Waals surface area contributed by atoms with Gasteiger partial charge >= 0.3 is 0 Å². The maximum absolute atomic E-state index is 13.3. The van der Waals surface area contributed by atoms with Crippen LogP contribution in [0.4, 0.5) is 15.8 Å². The number of amides is 2. The van der Waals surface area contributed by atoms with Crippen LogP contribution in [0.1, 0.15) is 25.3 Å². The van der Waals surface area contributed by atoms with Crippen LogP contribution in [0.2, 0.25) is 0 Å². The van der Waals surface area contributed by atoms with Crippen LogP contribution >= 0.6 is 0 Å². The Bertz CT molecular complexity index is 864. The average molecular weight is 367 g/mol. The van der Waals surface area contributed by atoms with Gasteiger partial charge in [0.05, 0.1) is 17.4 Å². The molecule has 1 aliphatic heterocycles. The normalized spacial score (nSPS) is 17.4. The van der Waals surface area contributed by atoms with Crippen molar-refractivity contribution in [3.63, 3.8) is 0 Å². The van der Waals surface area contributed by atoms with E-state index in [1.54, 1.807) is 23.1 Å². The second-order valence-corrected chi connectivity index (χ2v) is 7.20. The van der Waals surface area contributed by atoms with Crippen molar-refractivity contribution in [1.82, 2.24) is 4.90 Å². The van der Waals surface area contributed by atoms with E-state index in [-0.39, 0.29) is 30.2 Å². The third kappa shape index (κ3) is 3.71. The number of nitrogens with zero attached hydrogens (tertiary/aromatic N) is 2. The molecule has 1 unspecified atom stereocenters. The molecule has 2 aromatic carbocycles. The maximum Gasteiger partial charge on any atom is 0.244 e. The summed E-state index contributed by atoms with van der Waals surface area (Å²) in [5.41, 5.74) is 2.36. The van der Waals surface area contributed by atoms with E-state index in [2.05, 4.69) is 10.2 Å². The van der Waals surface area contributed by atoms with Gasteiger partial charge in [-0.1, -0.05) is 24.3 Å². The third-order valence-corrected chi connectivity index (χ3v) is 5.19. The molecule has 2 amide bonds. The van der Waals surface area contributed by atoms with Crippen LogP contribution in [0.25, 0.3) is 0 Å². The van der Waals surface area contributed by atoms with E-state index in [0.717, 1.165) is 24.1 Å². The fraction of sp³-hybridized carbons (Fsp3) is 0.333. The molecule has 2 aliphatic rings. The van der Waals surface area contributed by atoms with Crippen molar-refractivity contribution in [3.8, 4) is 0 Å². The van der Waals surface area contributed by atoms with Crippen molar-refractivity contribution in [2.24, 2.45) is 0 Å². The fourth-order valence-electron chi connectivity index (χ4n) is 3.59. The van der Waals surface area contributed by atoms with Crippen LogP contribution in [-0.2, 0) is 16.1 Å². The molecule has 1 aliphatic carbocycles. The number of hydrogen-bond donors (Lipinski definition) is 1. The molecule has 1 atom stereocenters. The Morgan fingerprint density at radius 2 is 1.93 bits per heavy atom. The van der Waals surface area contributed by atoms with Gasteiger partial charge in [-0.05, 0) is 49.6 Å². The fourth-order valence-corrected chi connectivity index (χ4v) is 3.59. The number of hydrogen-bond acceptors (Lipinski definition) is 3. The molecule has 4 rings (SSSR count). The summed E-state index contributed by atoms with van der Waals surface area (Å²) in [5, 5.41) is 2.81. The Labute approximate surface area is 157 Å². The highest BCUT2D eigenvalue weighted by atomic mass is 19.1. The van der Waals surface area contributed by atoms with Crippen LogP contribution in [-0.4, -0.2) is 35.3 Å². The van der Waals surface area contributed by atoms with Crippen LogP contribution in [0.5, 0.6) is 0 Å². The molecule has 1 fully saturated rings. The van der Waals surface area contributed by atoms with Crippen LogP contribution < -0.4 is 10.2 Å². The molecular weight excluding hydrogens is 345 g/mol. The zero-order valence-corrected chi connectivity index (χ0v) is 15.2. The Balaban J connectivity index is 1.56. The summed E-state index contributed by atoms with van der Waals surface area (Å²) in [4.78, 5) is 29.0. The maximum atomic E-state index is 13.3. The van der Waals surface area contributed by atoms with Crippen molar-refractivity contribution < 1.29 is 14.0 Å². The monoisotopic (exact) mass is 367 g/mol. The molecule has 27 heavy (non-hydrogen) atoms. The van der Waals surface area contributed by atoms with Crippen molar-refractivity contribution in [2.75, 3.05) is 16.8 Å². The summed E-state index contributed by atoms with van der Waals surface area (Å²) in [5.74, 6) is -0.547. The first kappa shape index (κ1) is 17.7. The molecule has 6 heteroatoms. The first-order valence-corrected chi connectivity index (χ1v) is 9.23. The highest BCUT2D eigenvalue weighted by Gasteiger charge is 2.38. The molecule has 0 saturated heterocycles. The molecule has 0 spiro atoms. The lowest BCUT2D eigenvalue weighted by Crippen LogP contribution is -2.51. The Hall–Kier alpha value is -2.73. The molecule has 2 aromatic rings. The number of halogens is 1. The minimum Gasteiger partial charge on any atom is -0.323 e. The Morgan fingerprint density at radius 3 is 2.63 bits per heavy atom. The molecule has 0 aromatic heterocycles. The summed E-state index contributed by atoms with van der Waals surface area (Å²) < 4.78 is 13.2. The Kier molecular flexibility index (Phi) is 4.66. The van der Waals surface area contributed by atoms with Crippen LogP contribution in [0.15, 0.2) is 48.5 Å². The van der Waals surface area contributed by atoms with Gasteiger partial charge in [-0.15, -0.1) is 0 Å². The number of rotatable bonds is 5. The van der Waals surface area contributed by atoms with E-state index in [1.807, 2.05) is 25.1 Å². The van der Waals surface area contributed by atoms with Crippen LogP contribution in [0, 0.1) is 5.82 Å². The van der Waals surface area contributed by atoms with Crippen molar-refractivity contribution in [1.29, 1.82) is 0 Å². The van der Waals surface area contributed by atoms with Gasteiger partial charge in [-0.3, -0.25) is 19.4 Å². The number of fused-ring (bicyclic) bond motifs is 1. The number of nitrogens with one attached hydrogen (secondary N) is 1. The summed E-state index contributed by atoms with van der Waals surface area (Å²) >= 11 is 0. The summed E-state index contributed by atoms with van der Waals surface area (Å²) in [6, 6.07) is 13.7. The van der Waals surface area contributed by atoms with Gasteiger partial charge in [0.1, 0.15) is 12.4 Å². The largest absolute Gasteiger partial charge is 0.323 e.